The van der Waals surface area contributed by atoms with Crippen LogP contribution in [0.3, 0.4) is 0 Å². The average Bonchev–Trinajstić information content (AvgIpc) is 3.12. The minimum absolute atomic E-state index is 0.00347. The van der Waals surface area contributed by atoms with Crippen molar-refractivity contribution < 1.29 is 14.0 Å². The molecule has 0 bridgehead atoms. The summed E-state index contributed by atoms with van der Waals surface area (Å²) in [7, 11) is 0. The van der Waals surface area contributed by atoms with Crippen LogP contribution < -0.4 is 5.32 Å². The van der Waals surface area contributed by atoms with Crippen molar-refractivity contribution in [3.63, 3.8) is 0 Å². The molecule has 0 unspecified atom stereocenters. The van der Waals surface area contributed by atoms with Crippen LogP contribution in [0, 0.1) is 5.41 Å². The van der Waals surface area contributed by atoms with Gasteiger partial charge in [0.05, 0.1) is 17.8 Å². The monoisotopic (exact) mass is 387 g/mol. The quantitative estimate of drug-likeness (QED) is 0.824. The number of urea groups is 1. The van der Waals surface area contributed by atoms with E-state index in [1.54, 1.807) is 6.26 Å². The van der Waals surface area contributed by atoms with E-state index in [4.69, 9.17) is 4.42 Å². The lowest BCUT2D eigenvalue weighted by Crippen LogP contribution is -2.76. The highest BCUT2D eigenvalue weighted by atomic mass is 16.3. The van der Waals surface area contributed by atoms with E-state index in [1.807, 2.05) is 9.80 Å². The Bertz CT molecular complexity index is 806. The van der Waals surface area contributed by atoms with Crippen LogP contribution in [-0.4, -0.2) is 76.4 Å². The first-order valence-corrected chi connectivity index (χ1v) is 10.2. The highest BCUT2D eigenvalue weighted by molar-refractivity contribution is 5.82. The Morgan fingerprint density at radius 2 is 1.86 bits per heavy atom. The summed E-state index contributed by atoms with van der Waals surface area (Å²) < 4.78 is 5.63. The van der Waals surface area contributed by atoms with Crippen molar-refractivity contribution in [3.8, 4) is 0 Å². The summed E-state index contributed by atoms with van der Waals surface area (Å²) in [4.78, 5) is 34.8. The van der Waals surface area contributed by atoms with Gasteiger partial charge in [-0.1, -0.05) is 20.8 Å². The lowest BCUT2D eigenvalue weighted by atomic mass is 9.73. The van der Waals surface area contributed by atoms with E-state index in [-0.39, 0.29) is 28.3 Å². The Balaban J connectivity index is 1.07. The van der Waals surface area contributed by atoms with Crippen molar-refractivity contribution in [2.45, 2.75) is 51.1 Å². The molecule has 1 aromatic heterocycles. The van der Waals surface area contributed by atoms with E-state index in [2.05, 4.69) is 36.0 Å². The number of carbonyl (C=O) groups excluding carboxylic acids is 2. The summed E-state index contributed by atoms with van der Waals surface area (Å²) in [5, 5.41) is 3.03. The number of aromatic nitrogens is 1. The lowest BCUT2D eigenvalue weighted by Gasteiger charge is -2.61. The molecule has 152 valence electrons. The molecule has 0 atom stereocenters. The van der Waals surface area contributed by atoms with Gasteiger partial charge in [-0.2, -0.15) is 0 Å². The first-order chi connectivity index (χ1) is 13.2. The Morgan fingerprint density at radius 3 is 2.43 bits per heavy atom. The Morgan fingerprint density at radius 1 is 1.18 bits per heavy atom. The van der Waals surface area contributed by atoms with Crippen molar-refractivity contribution in [1.29, 1.82) is 0 Å². The van der Waals surface area contributed by atoms with Gasteiger partial charge in [-0.3, -0.25) is 9.69 Å². The van der Waals surface area contributed by atoms with Gasteiger partial charge in [0, 0.05) is 56.5 Å². The highest BCUT2D eigenvalue weighted by Gasteiger charge is 2.56. The third-order valence-electron chi connectivity index (χ3n) is 6.61. The van der Waals surface area contributed by atoms with Crippen molar-refractivity contribution >= 4 is 11.9 Å². The predicted octanol–water partition coefficient (Wildman–Crippen LogP) is 1.17. The van der Waals surface area contributed by atoms with Gasteiger partial charge in [0.2, 0.25) is 11.8 Å². The highest BCUT2D eigenvalue weighted by Crippen LogP contribution is 2.42. The second-order valence-corrected chi connectivity index (χ2v) is 10.3. The fourth-order valence-electron chi connectivity index (χ4n) is 5.06. The molecule has 4 saturated heterocycles. The number of rotatable bonds is 2. The van der Waals surface area contributed by atoms with Gasteiger partial charge >= 0.3 is 6.03 Å². The average molecular weight is 387 g/mol. The molecule has 3 amide bonds. The van der Waals surface area contributed by atoms with E-state index < -0.39 is 0 Å². The third kappa shape index (κ3) is 2.89. The molecule has 28 heavy (non-hydrogen) atoms. The summed E-state index contributed by atoms with van der Waals surface area (Å²) in [6.07, 6.45) is 3.21. The normalized spacial score (nSPS) is 25.5. The van der Waals surface area contributed by atoms with Crippen LogP contribution in [0.1, 0.15) is 45.2 Å². The number of hydrogen-bond acceptors (Lipinski definition) is 5. The Hall–Kier alpha value is -2.09. The predicted molar refractivity (Wildman–Crippen MR) is 102 cm³/mol. The summed E-state index contributed by atoms with van der Waals surface area (Å²) in [6.45, 7) is 12.1. The molecule has 8 heteroatoms. The summed E-state index contributed by atoms with van der Waals surface area (Å²) in [5.41, 5.74) is 1.11. The number of nitrogens with one attached hydrogen (secondary N) is 1. The van der Waals surface area contributed by atoms with Crippen molar-refractivity contribution in [3.05, 3.63) is 17.8 Å². The molecule has 5 rings (SSSR count). The van der Waals surface area contributed by atoms with Crippen molar-refractivity contribution in [2.24, 2.45) is 5.41 Å². The maximum Gasteiger partial charge on any atom is 0.320 e. The van der Waals surface area contributed by atoms with E-state index >= 15 is 0 Å². The zero-order chi connectivity index (χ0) is 19.7. The minimum atomic E-state index is -0.134. The molecule has 0 radical (unpaired) electrons. The van der Waals surface area contributed by atoms with Crippen LogP contribution in [0.2, 0.25) is 0 Å². The molecule has 1 aromatic rings. The Kier molecular flexibility index (Phi) is 3.67. The lowest BCUT2D eigenvalue weighted by molar-refractivity contribution is -0.121. The minimum Gasteiger partial charge on any atom is -0.447 e. The fraction of sp³-hybridized carbons (Fsp3) is 0.750. The molecule has 2 spiro atoms. The van der Waals surface area contributed by atoms with Crippen molar-refractivity contribution in [2.75, 3.05) is 39.3 Å². The zero-order valence-corrected chi connectivity index (χ0v) is 17.0. The van der Waals surface area contributed by atoms with Gasteiger partial charge < -0.3 is 19.5 Å². The van der Waals surface area contributed by atoms with Gasteiger partial charge in [-0.05, 0) is 6.42 Å². The molecule has 0 aromatic carbocycles. The largest absolute Gasteiger partial charge is 0.447 e. The number of nitrogens with zero attached hydrogens (tertiary/aromatic N) is 4. The SMILES string of the molecule is CC(C)(C)c1coc(CN2CC3(C2)CN(C(=O)N2CC4(CCC(=O)N4)C2)C3)n1. The number of oxazole rings is 1. The molecule has 0 aliphatic carbocycles. The van der Waals surface area contributed by atoms with E-state index in [0.717, 1.165) is 50.7 Å². The number of carbonyl (C=O) groups is 2. The maximum absolute atomic E-state index is 12.6. The van der Waals surface area contributed by atoms with E-state index in [0.29, 0.717) is 19.5 Å². The molecule has 1 N–H and O–H groups in total. The van der Waals surface area contributed by atoms with Gasteiger partial charge in [-0.25, -0.2) is 9.78 Å². The van der Waals surface area contributed by atoms with Crippen LogP contribution in [0.25, 0.3) is 0 Å². The molecular formula is C20H29N5O3. The third-order valence-corrected chi connectivity index (χ3v) is 6.61. The first-order valence-electron chi connectivity index (χ1n) is 10.2. The second-order valence-electron chi connectivity index (χ2n) is 10.3. The number of hydrogen-bond donors (Lipinski definition) is 1. The molecular weight excluding hydrogens is 358 g/mol. The van der Waals surface area contributed by atoms with E-state index in [1.165, 1.54) is 0 Å². The summed E-state index contributed by atoms with van der Waals surface area (Å²) in [5.74, 6) is 0.891. The fourth-order valence-corrected chi connectivity index (χ4v) is 5.06. The molecule has 4 aliphatic heterocycles. The van der Waals surface area contributed by atoms with Gasteiger partial charge in [0.1, 0.15) is 6.26 Å². The number of likely N-dealkylation sites (tertiary alicyclic amines) is 3. The van der Waals surface area contributed by atoms with Gasteiger partial charge in [0.25, 0.3) is 0 Å². The zero-order valence-electron chi connectivity index (χ0n) is 17.0. The molecule has 4 aliphatic rings. The molecule has 4 fully saturated rings. The maximum atomic E-state index is 12.6. The topological polar surface area (TPSA) is 81.9 Å². The number of amides is 3. The van der Waals surface area contributed by atoms with Crippen molar-refractivity contribution in [1.82, 2.24) is 25.0 Å². The smallest absolute Gasteiger partial charge is 0.320 e. The van der Waals surface area contributed by atoms with Crippen LogP contribution in [0.4, 0.5) is 4.79 Å². The van der Waals surface area contributed by atoms with Crippen LogP contribution in [-0.2, 0) is 16.8 Å². The van der Waals surface area contributed by atoms with Gasteiger partial charge in [-0.15, -0.1) is 0 Å². The second kappa shape index (κ2) is 5.72. The summed E-state index contributed by atoms with van der Waals surface area (Å²) in [6, 6.07) is 0.123. The van der Waals surface area contributed by atoms with Crippen LogP contribution in [0.15, 0.2) is 10.7 Å². The molecule has 5 heterocycles. The Labute approximate surface area is 165 Å². The van der Waals surface area contributed by atoms with Gasteiger partial charge in [0.15, 0.2) is 0 Å². The summed E-state index contributed by atoms with van der Waals surface area (Å²) >= 11 is 0. The van der Waals surface area contributed by atoms with Crippen LogP contribution in [0.5, 0.6) is 0 Å². The van der Waals surface area contributed by atoms with E-state index in [9.17, 15) is 9.59 Å². The molecule has 8 nitrogen and oxygen atoms in total. The van der Waals surface area contributed by atoms with Crippen LogP contribution >= 0.6 is 0 Å². The standard InChI is InChI=1S/C20H29N5O3/c1-18(2,3)14-7-28-16(21-14)6-23-8-19(9-23)10-24(11-19)17(27)25-12-20(13-25)5-4-15(26)22-20/h7H,4-6,8-13H2,1-3H3,(H,22,26). The first kappa shape index (κ1) is 18.0. The molecule has 0 saturated carbocycles.